The lowest BCUT2D eigenvalue weighted by atomic mass is 10.1. The summed E-state index contributed by atoms with van der Waals surface area (Å²) >= 11 is 7.26. The number of sulfone groups is 1. The smallest absolute Gasteiger partial charge is 0.308 e. The van der Waals surface area contributed by atoms with Gasteiger partial charge in [0.1, 0.15) is 5.82 Å². The predicted octanol–water partition coefficient (Wildman–Crippen LogP) is 6.83. The van der Waals surface area contributed by atoms with Crippen LogP contribution in [0.2, 0.25) is 5.02 Å². The highest BCUT2D eigenvalue weighted by Gasteiger charge is 2.19. The van der Waals surface area contributed by atoms with E-state index in [1.165, 1.54) is 35.6 Å². The summed E-state index contributed by atoms with van der Waals surface area (Å²) in [4.78, 5) is 12.7. The zero-order valence-corrected chi connectivity index (χ0v) is 19.5. The predicted molar refractivity (Wildman–Crippen MR) is 131 cm³/mol. The van der Waals surface area contributed by atoms with Crippen LogP contribution < -0.4 is 10.6 Å². The second-order valence-corrected chi connectivity index (χ2v) is 10.3. The Morgan fingerprint density at radius 1 is 0.970 bits per heavy atom. The van der Waals surface area contributed by atoms with Gasteiger partial charge in [0.25, 0.3) is 0 Å². The summed E-state index contributed by atoms with van der Waals surface area (Å²) in [6.07, 6.45) is 0. The van der Waals surface area contributed by atoms with Gasteiger partial charge in [0, 0.05) is 11.3 Å². The molecule has 168 valence electrons. The van der Waals surface area contributed by atoms with Crippen molar-refractivity contribution < 1.29 is 17.6 Å². The molecule has 2 amide bonds. The van der Waals surface area contributed by atoms with E-state index in [1.54, 1.807) is 30.3 Å². The molecule has 0 aliphatic carbocycles. The van der Waals surface area contributed by atoms with Crippen molar-refractivity contribution in [3.63, 3.8) is 0 Å². The molecule has 0 saturated carbocycles. The van der Waals surface area contributed by atoms with Gasteiger partial charge < -0.3 is 10.6 Å². The van der Waals surface area contributed by atoms with Gasteiger partial charge in [0.2, 0.25) is 0 Å². The zero-order valence-electron chi connectivity index (χ0n) is 17.1. The lowest BCUT2D eigenvalue weighted by Gasteiger charge is -2.14. The maximum absolute atomic E-state index is 13.4. The van der Waals surface area contributed by atoms with E-state index < -0.39 is 21.7 Å². The zero-order chi connectivity index (χ0) is 23.4. The molecule has 5 nitrogen and oxygen atoms in total. The maximum Gasteiger partial charge on any atom is 0.323 e. The summed E-state index contributed by atoms with van der Waals surface area (Å²) in [5.41, 5.74) is 2.80. The van der Waals surface area contributed by atoms with E-state index in [4.69, 9.17) is 11.6 Å². The molecule has 0 bridgehead atoms. The topological polar surface area (TPSA) is 75.3 Å². The van der Waals surface area contributed by atoms with E-state index in [0.29, 0.717) is 22.5 Å². The Morgan fingerprint density at radius 2 is 1.76 bits per heavy atom. The first-order valence-electron chi connectivity index (χ1n) is 9.78. The average molecular weight is 501 g/mol. The van der Waals surface area contributed by atoms with Crippen molar-refractivity contribution in [3.8, 4) is 11.1 Å². The molecule has 1 heterocycles. The number of hydrogen-bond acceptors (Lipinski definition) is 4. The Kier molecular flexibility index (Phi) is 6.78. The van der Waals surface area contributed by atoms with Crippen LogP contribution >= 0.6 is 22.9 Å². The van der Waals surface area contributed by atoms with Crippen LogP contribution in [-0.2, 0) is 15.6 Å². The quantitative estimate of drug-likeness (QED) is 0.305. The minimum atomic E-state index is -3.65. The first kappa shape index (κ1) is 23.0. The van der Waals surface area contributed by atoms with E-state index in [9.17, 15) is 17.6 Å². The fraction of sp³-hybridized carbons (Fsp3) is 0.0417. The molecule has 2 N–H and O–H groups in total. The molecule has 0 saturated heterocycles. The van der Waals surface area contributed by atoms with Crippen molar-refractivity contribution >= 4 is 50.2 Å². The van der Waals surface area contributed by atoms with E-state index in [2.05, 4.69) is 10.6 Å². The van der Waals surface area contributed by atoms with Crippen LogP contribution in [0.15, 0.2) is 88.5 Å². The monoisotopic (exact) mass is 500 g/mol. The molecule has 0 aliphatic heterocycles. The van der Waals surface area contributed by atoms with Crippen LogP contribution in [0.3, 0.4) is 0 Å². The van der Waals surface area contributed by atoms with Crippen molar-refractivity contribution in [2.24, 2.45) is 0 Å². The molecule has 1 aromatic heterocycles. The Labute approximate surface area is 199 Å². The third-order valence-electron chi connectivity index (χ3n) is 4.81. The summed E-state index contributed by atoms with van der Waals surface area (Å²) in [6, 6.07) is 18.6. The van der Waals surface area contributed by atoms with Crippen LogP contribution in [0, 0.1) is 5.82 Å². The van der Waals surface area contributed by atoms with Crippen LogP contribution in [-0.4, -0.2) is 14.4 Å². The van der Waals surface area contributed by atoms with Gasteiger partial charge in [0.15, 0.2) is 9.84 Å². The van der Waals surface area contributed by atoms with Crippen LogP contribution in [0.5, 0.6) is 0 Å². The number of urea groups is 1. The Balaban J connectivity index is 1.64. The maximum atomic E-state index is 13.4. The Bertz CT molecular complexity index is 1390. The van der Waals surface area contributed by atoms with Crippen molar-refractivity contribution in [1.29, 1.82) is 0 Å². The summed E-state index contributed by atoms with van der Waals surface area (Å²) in [5, 5.41) is 8.96. The first-order chi connectivity index (χ1) is 15.8. The van der Waals surface area contributed by atoms with Crippen molar-refractivity contribution in [2.45, 2.75) is 10.6 Å². The summed E-state index contributed by atoms with van der Waals surface area (Å²) in [7, 11) is -3.65. The molecular formula is C24H18ClFN2O3S2. The van der Waals surface area contributed by atoms with Gasteiger partial charge in [0.05, 0.1) is 21.4 Å². The molecule has 0 unspecified atom stereocenters. The molecule has 4 rings (SSSR count). The van der Waals surface area contributed by atoms with Crippen molar-refractivity contribution in [1.82, 2.24) is 0 Å². The fourth-order valence-corrected chi connectivity index (χ4v) is 5.43. The van der Waals surface area contributed by atoms with Gasteiger partial charge in [-0.2, -0.15) is 11.3 Å². The molecule has 0 atom stereocenters. The van der Waals surface area contributed by atoms with Gasteiger partial charge in [-0.3, -0.25) is 0 Å². The lowest BCUT2D eigenvalue weighted by molar-refractivity contribution is 0.262. The van der Waals surface area contributed by atoms with Crippen molar-refractivity contribution in [3.05, 3.63) is 100.0 Å². The van der Waals surface area contributed by atoms with E-state index >= 15 is 0 Å². The highest BCUT2D eigenvalue weighted by molar-refractivity contribution is 7.90. The average Bonchev–Trinajstić information content (AvgIpc) is 3.31. The van der Waals surface area contributed by atoms with Crippen LogP contribution in [0.1, 0.15) is 5.56 Å². The van der Waals surface area contributed by atoms with Crippen molar-refractivity contribution in [2.75, 3.05) is 10.6 Å². The molecular weight excluding hydrogens is 483 g/mol. The number of carbonyl (C=O) groups is 1. The number of amides is 2. The number of halogens is 2. The first-order valence-corrected chi connectivity index (χ1v) is 12.8. The fourth-order valence-electron chi connectivity index (χ4n) is 3.23. The number of rotatable bonds is 6. The summed E-state index contributed by atoms with van der Waals surface area (Å²) in [5.74, 6) is -0.760. The molecule has 3 aromatic carbocycles. The minimum absolute atomic E-state index is 0.0884. The molecule has 4 aromatic rings. The van der Waals surface area contributed by atoms with Crippen LogP contribution in [0.25, 0.3) is 11.1 Å². The number of nitrogens with one attached hydrogen (secondary N) is 2. The van der Waals surface area contributed by atoms with Crippen LogP contribution in [0.4, 0.5) is 20.6 Å². The lowest BCUT2D eigenvalue weighted by Crippen LogP contribution is -2.20. The van der Waals surface area contributed by atoms with Gasteiger partial charge in [-0.1, -0.05) is 48.0 Å². The van der Waals surface area contributed by atoms with Gasteiger partial charge in [-0.05, 0) is 58.3 Å². The Morgan fingerprint density at radius 3 is 2.45 bits per heavy atom. The standard InChI is InChI=1S/C24H18ClFN2O3S2/c25-21-12-18(6-9-22(21)26)27-24(29)28-23-13-19(7-8-20(23)17-10-11-32-14-17)33(30,31)15-16-4-2-1-3-5-16/h1-14H,15H2,(H2,27,28,29). The molecule has 0 spiro atoms. The molecule has 9 heteroatoms. The van der Waals surface area contributed by atoms with E-state index in [1.807, 2.05) is 22.9 Å². The second kappa shape index (κ2) is 9.74. The molecule has 0 aliphatic rings. The van der Waals surface area contributed by atoms with Gasteiger partial charge in [-0.15, -0.1) is 0 Å². The Hall–Kier alpha value is -3.20. The minimum Gasteiger partial charge on any atom is -0.308 e. The number of hydrogen-bond donors (Lipinski definition) is 2. The third-order valence-corrected chi connectivity index (χ3v) is 7.47. The van der Waals surface area contributed by atoms with Gasteiger partial charge in [-0.25, -0.2) is 17.6 Å². The SMILES string of the molecule is O=C(Nc1ccc(F)c(Cl)c1)Nc1cc(S(=O)(=O)Cc2ccccc2)ccc1-c1ccsc1. The highest BCUT2D eigenvalue weighted by atomic mass is 35.5. The molecule has 0 fully saturated rings. The third kappa shape index (κ3) is 5.60. The number of carbonyl (C=O) groups excluding carboxylic acids is 1. The number of anilines is 2. The molecule has 0 radical (unpaired) electrons. The number of thiophene rings is 1. The molecule has 33 heavy (non-hydrogen) atoms. The highest BCUT2D eigenvalue weighted by Crippen LogP contribution is 2.33. The largest absolute Gasteiger partial charge is 0.323 e. The van der Waals surface area contributed by atoms with E-state index in [0.717, 1.165) is 11.6 Å². The summed E-state index contributed by atoms with van der Waals surface area (Å²) < 4.78 is 39.4. The van der Waals surface area contributed by atoms with E-state index in [-0.39, 0.29) is 15.7 Å². The van der Waals surface area contributed by atoms with Gasteiger partial charge >= 0.3 is 6.03 Å². The second-order valence-electron chi connectivity index (χ2n) is 7.17. The number of benzene rings is 3. The summed E-state index contributed by atoms with van der Waals surface area (Å²) in [6.45, 7) is 0. The normalized spacial score (nSPS) is 11.2.